The number of nitrogens with zero attached hydrogens (tertiary/aromatic N) is 1. The molecule has 18 heavy (non-hydrogen) atoms. The van der Waals surface area contributed by atoms with Gasteiger partial charge < -0.3 is 10.6 Å². The first-order valence-corrected chi connectivity index (χ1v) is 7.08. The molecule has 0 saturated heterocycles. The minimum Gasteiger partial charge on any atom is -0.397 e. The third-order valence-electron chi connectivity index (χ3n) is 2.57. The van der Waals surface area contributed by atoms with Crippen molar-refractivity contribution < 1.29 is 4.79 Å². The number of nitrogen functional groups attached to an aromatic ring is 1. The standard InChI is InChI=1S/C13H13BrN2OS/c1-16(8-9-2-4-10(14)5-3-9)13(17)12-11(15)6-7-18-12/h2-7H,8,15H2,1H3. The monoisotopic (exact) mass is 324 g/mol. The van der Waals surface area contributed by atoms with Crippen molar-refractivity contribution in [3.8, 4) is 0 Å². The fourth-order valence-corrected chi connectivity index (χ4v) is 2.68. The molecule has 0 spiro atoms. The van der Waals surface area contributed by atoms with E-state index in [0.717, 1.165) is 10.0 Å². The number of halogens is 1. The summed E-state index contributed by atoms with van der Waals surface area (Å²) in [6.07, 6.45) is 0. The van der Waals surface area contributed by atoms with Crippen molar-refractivity contribution in [3.05, 3.63) is 50.6 Å². The van der Waals surface area contributed by atoms with Crippen molar-refractivity contribution in [3.63, 3.8) is 0 Å². The zero-order valence-corrected chi connectivity index (χ0v) is 12.3. The van der Waals surface area contributed by atoms with Crippen LogP contribution in [0.5, 0.6) is 0 Å². The molecule has 94 valence electrons. The first-order chi connectivity index (χ1) is 8.58. The third kappa shape index (κ3) is 2.91. The molecule has 2 aromatic rings. The van der Waals surface area contributed by atoms with E-state index in [2.05, 4.69) is 15.9 Å². The van der Waals surface area contributed by atoms with Crippen LogP contribution in [0.4, 0.5) is 5.69 Å². The van der Waals surface area contributed by atoms with E-state index in [9.17, 15) is 4.79 Å². The van der Waals surface area contributed by atoms with Crippen LogP contribution in [0.2, 0.25) is 0 Å². The lowest BCUT2D eigenvalue weighted by Crippen LogP contribution is -2.26. The number of nitrogens with two attached hydrogens (primary N) is 1. The highest BCUT2D eigenvalue weighted by Gasteiger charge is 2.16. The molecule has 1 aromatic heterocycles. The van der Waals surface area contributed by atoms with Crippen molar-refractivity contribution in [2.24, 2.45) is 0 Å². The number of rotatable bonds is 3. The van der Waals surface area contributed by atoms with Gasteiger partial charge in [0.15, 0.2) is 0 Å². The lowest BCUT2D eigenvalue weighted by molar-refractivity contribution is 0.0791. The Bertz CT molecular complexity index is 550. The zero-order chi connectivity index (χ0) is 13.1. The van der Waals surface area contributed by atoms with Crippen LogP contribution in [-0.2, 0) is 6.54 Å². The molecule has 0 radical (unpaired) electrons. The van der Waals surface area contributed by atoms with Gasteiger partial charge >= 0.3 is 0 Å². The van der Waals surface area contributed by atoms with Crippen LogP contribution in [-0.4, -0.2) is 17.9 Å². The van der Waals surface area contributed by atoms with Gasteiger partial charge in [-0.25, -0.2) is 0 Å². The molecule has 1 heterocycles. The highest BCUT2D eigenvalue weighted by Crippen LogP contribution is 2.21. The number of carbonyl (C=O) groups is 1. The fraction of sp³-hybridized carbons (Fsp3) is 0.154. The second-order valence-electron chi connectivity index (χ2n) is 3.99. The van der Waals surface area contributed by atoms with Crippen molar-refractivity contribution in [1.82, 2.24) is 4.90 Å². The molecule has 0 unspecified atom stereocenters. The normalized spacial score (nSPS) is 10.3. The molecular weight excluding hydrogens is 312 g/mol. The Kier molecular flexibility index (Phi) is 4.04. The Labute approximate surface area is 118 Å². The molecule has 0 fully saturated rings. The van der Waals surface area contributed by atoms with Crippen LogP contribution in [0, 0.1) is 0 Å². The minimum absolute atomic E-state index is 0.0366. The molecule has 1 amide bonds. The second-order valence-corrected chi connectivity index (χ2v) is 5.82. The van der Waals surface area contributed by atoms with Gasteiger partial charge in [-0.05, 0) is 29.1 Å². The van der Waals surface area contributed by atoms with E-state index in [1.54, 1.807) is 18.0 Å². The van der Waals surface area contributed by atoms with Gasteiger partial charge in [-0.1, -0.05) is 28.1 Å². The lowest BCUT2D eigenvalue weighted by atomic mass is 10.2. The summed E-state index contributed by atoms with van der Waals surface area (Å²) in [5.74, 6) is -0.0366. The van der Waals surface area contributed by atoms with Gasteiger partial charge in [0.1, 0.15) is 4.88 Å². The molecule has 2 rings (SSSR count). The predicted molar refractivity (Wildman–Crippen MR) is 78.7 cm³/mol. The SMILES string of the molecule is CN(Cc1ccc(Br)cc1)C(=O)c1sccc1N. The van der Waals surface area contributed by atoms with E-state index in [4.69, 9.17) is 5.73 Å². The highest BCUT2D eigenvalue weighted by atomic mass is 79.9. The van der Waals surface area contributed by atoms with E-state index in [1.165, 1.54) is 11.3 Å². The summed E-state index contributed by atoms with van der Waals surface area (Å²) in [7, 11) is 1.78. The molecule has 3 nitrogen and oxygen atoms in total. The minimum atomic E-state index is -0.0366. The quantitative estimate of drug-likeness (QED) is 0.940. The Hall–Kier alpha value is -1.33. The van der Waals surface area contributed by atoms with E-state index >= 15 is 0 Å². The zero-order valence-electron chi connectivity index (χ0n) is 9.89. The molecule has 0 aliphatic carbocycles. The lowest BCUT2D eigenvalue weighted by Gasteiger charge is -2.16. The first kappa shape index (κ1) is 13.1. The van der Waals surface area contributed by atoms with E-state index in [0.29, 0.717) is 17.1 Å². The number of benzene rings is 1. The van der Waals surface area contributed by atoms with E-state index in [1.807, 2.05) is 29.6 Å². The number of hydrogen-bond donors (Lipinski definition) is 1. The van der Waals surface area contributed by atoms with Crippen molar-refractivity contribution >= 4 is 38.9 Å². The third-order valence-corrected chi connectivity index (χ3v) is 4.02. The smallest absolute Gasteiger partial charge is 0.266 e. The molecule has 0 atom stereocenters. The molecule has 0 bridgehead atoms. The molecule has 5 heteroatoms. The highest BCUT2D eigenvalue weighted by molar-refractivity contribution is 9.10. The maximum Gasteiger partial charge on any atom is 0.266 e. The molecule has 0 saturated carbocycles. The number of thiophene rings is 1. The average Bonchev–Trinajstić information content (AvgIpc) is 2.77. The summed E-state index contributed by atoms with van der Waals surface area (Å²) >= 11 is 4.76. The molecule has 0 aliphatic rings. The van der Waals surface area contributed by atoms with E-state index in [-0.39, 0.29) is 5.91 Å². The van der Waals surface area contributed by atoms with Gasteiger partial charge in [0, 0.05) is 18.1 Å². The van der Waals surface area contributed by atoms with Crippen LogP contribution in [0.25, 0.3) is 0 Å². The molecule has 0 aliphatic heterocycles. The van der Waals surface area contributed by atoms with E-state index < -0.39 is 0 Å². The van der Waals surface area contributed by atoms with Gasteiger partial charge in [-0.2, -0.15) is 0 Å². The summed E-state index contributed by atoms with van der Waals surface area (Å²) in [5, 5.41) is 1.83. The Morgan fingerprint density at radius 2 is 2.00 bits per heavy atom. The predicted octanol–water partition coefficient (Wildman–Crippen LogP) is 3.37. The number of amides is 1. The molecule has 1 aromatic carbocycles. The topological polar surface area (TPSA) is 46.3 Å². The summed E-state index contributed by atoms with van der Waals surface area (Å²) in [4.78, 5) is 14.4. The van der Waals surface area contributed by atoms with Gasteiger partial charge in [0.25, 0.3) is 5.91 Å². The summed E-state index contributed by atoms with van der Waals surface area (Å²) in [6, 6.07) is 9.67. The summed E-state index contributed by atoms with van der Waals surface area (Å²) in [6.45, 7) is 0.573. The second kappa shape index (κ2) is 5.54. The maximum atomic E-state index is 12.1. The van der Waals surface area contributed by atoms with Crippen molar-refractivity contribution in [1.29, 1.82) is 0 Å². The largest absolute Gasteiger partial charge is 0.397 e. The average molecular weight is 325 g/mol. The maximum absolute atomic E-state index is 12.1. The van der Waals surface area contributed by atoms with Crippen LogP contribution >= 0.6 is 27.3 Å². The van der Waals surface area contributed by atoms with Crippen LogP contribution in [0.15, 0.2) is 40.2 Å². The summed E-state index contributed by atoms with van der Waals surface area (Å²) < 4.78 is 1.03. The van der Waals surface area contributed by atoms with Gasteiger partial charge in [0.2, 0.25) is 0 Å². The Morgan fingerprint density at radius 3 is 2.56 bits per heavy atom. The van der Waals surface area contributed by atoms with Gasteiger partial charge in [-0.15, -0.1) is 11.3 Å². The van der Waals surface area contributed by atoms with Crippen LogP contribution in [0.3, 0.4) is 0 Å². The molecular formula is C13H13BrN2OS. The number of hydrogen-bond acceptors (Lipinski definition) is 3. The van der Waals surface area contributed by atoms with Gasteiger partial charge in [-0.3, -0.25) is 4.79 Å². The molecule has 2 N–H and O–H groups in total. The summed E-state index contributed by atoms with van der Waals surface area (Å²) in [5.41, 5.74) is 7.39. The number of carbonyl (C=O) groups excluding carboxylic acids is 1. The van der Waals surface area contributed by atoms with Crippen LogP contribution < -0.4 is 5.73 Å². The van der Waals surface area contributed by atoms with Crippen LogP contribution in [0.1, 0.15) is 15.2 Å². The Morgan fingerprint density at radius 1 is 1.33 bits per heavy atom. The number of anilines is 1. The Balaban J connectivity index is 2.08. The van der Waals surface area contributed by atoms with Crippen molar-refractivity contribution in [2.75, 3.05) is 12.8 Å². The van der Waals surface area contributed by atoms with Crippen molar-refractivity contribution in [2.45, 2.75) is 6.54 Å². The first-order valence-electron chi connectivity index (χ1n) is 5.41. The van der Waals surface area contributed by atoms with Gasteiger partial charge in [0.05, 0.1) is 5.69 Å². The fourth-order valence-electron chi connectivity index (χ4n) is 1.60.